The Labute approximate surface area is 192 Å². The molecule has 6 nitrogen and oxygen atoms in total. The van der Waals surface area contributed by atoms with Crippen molar-refractivity contribution >= 4 is 16.9 Å². The summed E-state index contributed by atoms with van der Waals surface area (Å²) in [6, 6.07) is 21.2. The number of esters is 1. The van der Waals surface area contributed by atoms with E-state index in [1.54, 1.807) is 14.0 Å². The lowest BCUT2D eigenvalue weighted by atomic mass is 10.1. The van der Waals surface area contributed by atoms with Crippen molar-refractivity contribution in [2.45, 2.75) is 26.5 Å². The number of ether oxygens (including phenoxy) is 3. The lowest BCUT2D eigenvalue weighted by Crippen LogP contribution is -2.09. The second-order valence-corrected chi connectivity index (χ2v) is 7.52. The molecule has 0 aliphatic heterocycles. The maximum Gasteiger partial charge on any atom is 0.310 e. The van der Waals surface area contributed by atoms with Gasteiger partial charge < -0.3 is 24.4 Å². The normalized spacial score (nSPS) is 10.9. The predicted octanol–water partition coefficient (Wildman–Crippen LogP) is 5.25. The van der Waals surface area contributed by atoms with Gasteiger partial charge in [-0.1, -0.05) is 42.5 Å². The van der Waals surface area contributed by atoms with Gasteiger partial charge in [-0.3, -0.25) is 4.79 Å². The second-order valence-electron chi connectivity index (χ2n) is 7.52. The van der Waals surface area contributed by atoms with E-state index < -0.39 is 0 Å². The third-order valence-corrected chi connectivity index (χ3v) is 5.43. The van der Waals surface area contributed by atoms with Crippen LogP contribution in [0.25, 0.3) is 22.3 Å². The summed E-state index contributed by atoms with van der Waals surface area (Å²) in [6.45, 7) is 2.85. The van der Waals surface area contributed by atoms with Crippen LogP contribution in [-0.4, -0.2) is 19.7 Å². The van der Waals surface area contributed by atoms with Crippen molar-refractivity contribution in [3.63, 3.8) is 0 Å². The number of hydrogen-bond acceptors (Lipinski definition) is 6. The topological polar surface area (TPSA) is 83.9 Å². The van der Waals surface area contributed by atoms with Crippen molar-refractivity contribution in [1.29, 1.82) is 0 Å². The quantitative estimate of drug-likeness (QED) is 0.354. The van der Waals surface area contributed by atoms with Crippen LogP contribution in [0.2, 0.25) is 0 Å². The summed E-state index contributed by atoms with van der Waals surface area (Å²) in [7, 11) is 1.63. The highest BCUT2D eigenvalue weighted by Crippen LogP contribution is 2.37. The smallest absolute Gasteiger partial charge is 0.310 e. The van der Waals surface area contributed by atoms with E-state index in [-0.39, 0.29) is 12.4 Å². The Morgan fingerprint density at radius 2 is 1.73 bits per heavy atom. The zero-order chi connectivity index (χ0) is 23.2. The molecule has 1 heterocycles. The number of hydrogen-bond donors (Lipinski definition) is 1. The molecule has 4 rings (SSSR count). The van der Waals surface area contributed by atoms with Crippen LogP contribution in [0.4, 0.5) is 0 Å². The molecule has 6 heteroatoms. The minimum Gasteiger partial charge on any atom is -0.496 e. The van der Waals surface area contributed by atoms with Gasteiger partial charge in [-0.25, -0.2) is 0 Å². The molecule has 4 aromatic rings. The second kappa shape index (κ2) is 10.2. The molecule has 0 amide bonds. The molecule has 0 unspecified atom stereocenters. The molecule has 0 spiro atoms. The number of para-hydroxylation sites is 2. The molecule has 2 N–H and O–H groups in total. The zero-order valence-corrected chi connectivity index (χ0v) is 18.8. The van der Waals surface area contributed by atoms with Gasteiger partial charge in [0.2, 0.25) is 0 Å². The van der Waals surface area contributed by atoms with Gasteiger partial charge in [-0.15, -0.1) is 0 Å². The van der Waals surface area contributed by atoms with E-state index in [4.69, 9.17) is 24.4 Å². The number of carbonyl (C=O) groups is 1. The number of furan rings is 1. The van der Waals surface area contributed by atoms with Crippen LogP contribution in [0.5, 0.6) is 11.5 Å². The molecule has 1 aromatic heterocycles. The van der Waals surface area contributed by atoms with E-state index in [1.165, 1.54) is 0 Å². The highest BCUT2D eigenvalue weighted by Gasteiger charge is 2.16. The number of benzene rings is 3. The summed E-state index contributed by atoms with van der Waals surface area (Å²) in [5.74, 6) is 1.80. The molecule has 0 radical (unpaired) electrons. The molecule has 170 valence electrons. The number of methoxy groups -OCH3 is 1. The van der Waals surface area contributed by atoms with Crippen molar-refractivity contribution in [2.24, 2.45) is 5.73 Å². The van der Waals surface area contributed by atoms with Crippen LogP contribution in [0.1, 0.15) is 23.6 Å². The minimum atomic E-state index is -0.274. The molecule has 0 fully saturated rings. The van der Waals surface area contributed by atoms with E-state index in [0.29, 0.717) is 37.0 Å². The van der Waals surface area contributed by atoms with Gasteiger partial charge in [0, 0.05) is 28.6 Å². The SMILES string of the molecule is CCOC(=O)Cc1ccccc1OCc1cccc2oc(-c3cccc(CN)c3OC)cc12. The zero-order valence-electron chi connectivity index (χ0n) is 18.8. The van der Waals surface area contributed by atoms with E-state index in [9.17, 15) is 4.79 Å². The van der Waals surface area contributed by atoms with E-state index >= 15 is 0 Å². The summed E-state index contributed by atoms with van der Waals surface area (Å²) in [5.41, 5.74) is 10.2. The average Bonchev–Trinajstić information content (AvgIpc) is 3.28. The first kappa shape index (κ1) is 22.4. The maximum absolute atomic E-state index is 11.9. The Morgan fingerprint density at radius 3 is 2.52 bits per heavy atom. The molecule has 33 heavy (non-hydrogen) atoms. The van der Waals surface area contributed by atoms with Gasteiger partial charge in [-0.05, 0) is 31.2 Å². The summed E-state index contributed by atoms with van der Waals surface area (Å²) in [5, 5.41) is 0.954. The van der Waals surface area contributed by atoms with Gasteiger partial charge >= 0.3 is 5.97 Å². The fourth-order valence-corrected chi connectivity index (χ4v) is 3.87. The van der Waals surface area contributed by atoms with Crippen LogP contribution >= 0.6 is 0 Å². The fourth-order valence-electron chi connectivity index (χ4n) is 3.87. The Balaban J connectivity index is 1.62. The minimum absolute atomic E-state index is 0.168. The Morgan fingerprint density at radius 1 is 0.970 bits per heavy atom. The van der Waals surface area contributed by atoms with Crippen molar-refractivity contribution in [3.05, 3.63) is 83.4 Å². The highest BCUT2D eigenvalue weighted by molar-refractivity contribution is 5.87. The average molecular weight is 446 g/mol. The standard InChI is InChI=1S/C27H27NO5/c1-3-31-26(29)14-18-8-4-5-12-23(18)32-17-20-10-7-13-24-22(20)15-25(33-24)21-11-6-9-19(16-28)27(21)30-2/h4-13,15H,3,14,16-17,28H2,1-2H3. The van der Waals surface area contributed by atoms with Crippen molar-refractivity contribution < 1.29 is 23.4 Å². The lowest BCUT2D eigenvalue weighted by Gasteiger charge is -2.11. The summed E-state index contributed by atoms with van der Waals surface area (Å²) in [6.07, 6.45) is 0.168. The first-order valence-corrected chi connectivity index (χ1v) is 10.9. The van der Waals surface area contributed by atoms with Crippen LogP contribution in [0.3, 0.4) is 0 Å². The van der Waals surface area contributed by atoms with Gasteiger partial charge in [-0.2, -0.15) is 0 Å². The predicted molar refractivity (Wildman–Crippen MR) is 127 cm³/mol. The van der Waals surface area contributed by atoms with Crippen LogP contribution in [0, 0.1) is 0 Å². The largest absolute Gasteiger partial charge is 0.496 e. The number of carbonyl (C=O) groups excluding carboxylic acids is 1. The van der Waals surface area contributed by atoms with Crippen molar-refractivity contribution in [3.8, 4) is 22.8 Å². The third kappa shape index (κ3) is 4.86. The van der Waals surface area contributed by atoms with Crippen LogP contribution < -0.4 is 15.2 Å². The molecular weight excluding hydrogens is 418 g/mol. The monoisotopic (exact) mass is 445 g/mol. The van der Waals surface area contributed by atoms with Gasteiger partial charge in [0.1, 0.15) is 29.4 Å². The van der Waals surface area contributed by atoms with Crippen LogP contribution in [-0.2, 0) is 29.1 Å². The molecule has 0 saturated carbocycles. The highest BCUT2D eigenvalue weighted by atomic mass is 16.5. The molecule has 0 atom stereocenters. The van der Waals surface area contributed by atoms with Crippen molar-refractivity contribution in [2.75, 3.05) is 13.7 Å². The first-order chi connectivity index (χ1) is 16.1. The molecule has 0 saturated heterocycles. The molecular formula is C27H27NO5. The maximum atomic E-state index is 11.9. The Hall–Kier alpha value is -3.77. The van der Waals surface area contributed by atoms with Crippen molar-refractivity contribution in [1.82, 2.24) is 0 Å². The summed E-state index contributed by atoms with van der Waals surface area (Å²) >= 11 is 0. The number of fused-ring (bicyclic) bond motifs is 1. The van der Waals surface area contributed by atoms with Crippen LogP contribution in [0.15, 0.2) is 71.1 Å². The molecule has 0 aliphatic rings. The molecule has 0 bridgehead atoms. The number of nitrogens with two attached hydrogens (primary N) is 1. The molecule has 3 aromatic carbocycles. The molecule has 0 aliphatic carbocycles. The van der Waals surface area contributed by atoms with E-state index in [2.05, 4.69) is 0 Å². The van der Waals surface area contributed by atoms with E-state index in [1.807, 2.05) is 66.7 Å². The summed E-state index contributed by atoms with van der Waals surface area (Å²) < 4.78 is 23.0. The van der Waals surface area contributed by atoms with Gasteiger partial charge in [0.15, 0.2) is 0 Å². The van der Waals surface area contributed by atoms with E-state index in [0.717, 1.165) is 33.2 Å². The third-order valence-electron chi connectivity index (χ3n) is 5.43. The first-order valence-electron chi connectivity index (χ1n) is 10.9. The fraction of sp³-hybridized carbons (Fsp3) is 0.222. The Bertz CT molecular complexity index is 1260. The number of rotatable bonds is 9. The van der Waals surface area contributed by atoms with Gasteiger partial charge in [0.05, 0.1) is 25.7 Å². The Kier molecular flexibility index (Phi) is 6.95. The van der Waals surface area contributed by atoms with Gasteiger partial charge in [0.25, 0.3) is 0 Å². The lowest BCUT2D eigenvalue weighted by molar-refractivity contribution is -0.142. The summed E-state index contributed by atoms with van der Waals surface area (Å²) in [4.78, 5) is 11.9.